The van der Waals surface area contributed by atoms with Gasteiger partial charge in [-0.25, -0.2) is 0 Å². The third-order valence-corrected chi connectivity index (χ3v) is 2.40. The zero-order valence-corrected chi connectivity index (χ0v) is 10.2. The predicted octanol–water partition coefficient (Wildman–Crippen LogP) is -0.833. The van der Waals surface area contributed by atoms with Crippen molar-refractivity contribution in [3.63, 3.8) is 0 Å². The van der Waals surface area contributed by atoms with Crippen LogP contribution in [0.2, 0.25) is 0 Å². The first-order chi connectivity index (χ1) is 8.56. The van der Waals surface area contributed by atoms with E-state index >= 15 is 0 Å². The van der Waals surface area contributed by atoms with Crippen molar-refractivity contribution in [2.45, 2.75) is 12.5 Å². The first kappa shape index (κ1) is 14.1. The lowest BCUT2D eigenvalue weighted by Crippen LogP contribution is -2.46. The quantitative estimate of drug-likeness (QED) is 0.633. The van der Waals surface area contributed by atoms with Gasteiger partial charge in [0.25, 0.3) is 0 Å². The number of methoxy groups -OCH3 is 1. The van der Waals surface area contributed by atoms with Gasteiger partial charge in [-0.05, 0) is 24.1 Å². The molecule has 0 aliphatic heterocycles. The number of rotatable bonds is 5. The van der Waals surface area contributed by atoms with Crippen molar-refractivity contribution in [2.24, 2.45) is 11.5 Å². The Morgan fingerprint density at radius 3 is 2.44 bits per heavy atom. The first-order valence-corrected chi connectivity index (χ1v) is 5.49. The second-order valence-electron chi connectivity index (χ2n) is 3.78. The Morgan fingerprint density at radius 2 is 1.94 bits per heavy atom. The Hall–Kier alpha value is -1.92. The molecule has 5 N–H and O–H groups in total. The number of ether oxygens (including phenoxy) is 1. The molecule has 0 aromatic heterocycles. The molecule has 1 aromatic carbocycles. The summed E-state index contributed by atoms with van der Waals surface area (Å²) in [7, 11) is 1.58. The molecule has 18 heavy (non-hydrogen) atoms. The highest BCUT2D eigenvalue weighted by Crippen LogP contribution is 2.12. The molecule has 0 radical (unpaired) electrons. The molecule has 0 spiro atoms. The van der Waals surface area contributed by atoms with Gasteiger partial charge in [-0.2, -0.15) is 0 Å². The molecule has 6 nitrogen and oxygen atoms in total. The van der Waals surface area contributed by atoms with Gasteiger partial charge in [0.05, 0.1) is 19.7 Å². The van der Waals surface area contributed by atoms with Crippen molar-refractivity contribution in [3.05, 3.63) is 29.8 Å². The van der Waals surface area contributed by atoms with Crippen LogP contribution in [0, 0.1) is 0 Å². The SMILES string of the molecule is COc1ccc(C[C@H](N)C(=O)NC(=O)CN)cc1. The van der Waals surface area contributed by atoms with Crippen molar-refractivity contribution < 1.29 is 14.3 Å². The highest BCUT2D eigenvalue weighted by molar-refractivity contribution is 5.98. The monoisotopic (exact) mass is 251 g/mol. The summed E-state index contributed by atoms with van der Waals surface area (Å²) in [5, 5.41) is 2.12. The lowest BCUT2D eigenvalue weighted by Gasteiger charge is -2.11. The van der Waals surface area contributed by atoms with Gasteiger partial charge in [0.15, 0.2) is 0 Å². The standard InChI is InChI=1S/C12H17N3O3/c1-18-9-4-2-8(3-5-9)6-10(14)12(17)15-11(16)7-13/h2-5,10H,6-7,13-14H2,1H3,(H,15,16,17)/t10-/m0/s1. The number of nitrogens with two attached hydrogens (primary N) is 2. The van der Waals surface area contributed by atoms with Crippen molar-refractivity contribution in [1.29, 1.82) is 0 Å². The molecule has 0 aliphatic carbocycles. The number of carbonyl (C=O) groups is 2. The lowest BCUT2D eigenvalue weighted by atomic mass is 10.1. The van der Waals surface area contributed by atoms with E-state index in [9.17, 15) is 9.59 Å². The highest BCUT2D eigenvalue weighted by atomic mass is 16.5. The summed E-state index contributed by atoms with van der Waals surface area (Å²) in [6.07, 6.45) is 0.341. The Labute approximate surface area is 105 Å². The van der Waals surface area contributed by atoms with E-state index in [0.29, 0.717) is 6.42 Å². The Morgan fingerprint density at radius 1 is 1.33 bits per heavy atom. The van der Waals surface area contributed by atoms with Gasteiger partial charge in [-0.3, -0.25) is 14.9 Å². The van der Waals surface area contributed by atoms with Gasteiger partial charge in [-0.1, -0.05) is 12.1 Å². The third kappa shape index (κ3) is 4.15. The predicted molar refractivity (Wildman–Crippen MR) is 66.9 cm³/mol. The molecule has 0 saturated heterocycles. The number of benzene rings is 1. The molecule has 1 atom stereocenters. The molecule has 98 valence electrons. The average Bonchev–Trinajstić information content (AvgIpc) is 2.39. The second-order valence-corrected chi connectivity index (χ2v) is 3.78. The van der Waals surface area contributed by atoms with E-state index in [1.807, 2.05) is 12.1 Å². The van der Waals surface area contributed by atoms with E-state index in [0.717, 1.165) is 11.3 Å². The average molecular weight is 251 g/mol. The van der Waals surface area contributed by atoms with E-state index in [4.69, 9.17) is 16.2 Å². The van der Waals surface area contributed by atoms with Crippen LogP contribution in [-0.4, -0.2) is 31.5 Å². The summed E-state index contributed by atoms with van der Waals surface area (Å²) in [6, 6.07) is 6.41. The Kier molecular flexibility index (Phi) is 5.29. The Bertz CT molecular complexity index is 417. The summed E-state index contributed by atoms with van der Waals surface area (Å²) in [4.78, 5) is 22.4. The minimum atomic E-state index is -0.783. The van der Waals surface area contributed by atoms with Crippen molar-refractivity contribution in [2.75, 3.05) is 13.7 Å². The molecule has 2 amide bonds. The molecule has 1 aromatic rings. The maximum absolute atomic E-state index is 11.5. The lowest BCUT2D eigenvalue weighted by molar-refractivity contribution is -0.130. The van der Waals surface area contributed by atoms with Gasteiger partial charge < -0.3 is 16.2 Å². The molecule has 0 heterocycles. The zero-order chi connectivity index (χ0) is 13.5. The number of hydrogen-bond donors (Lipinski definition) is 3. The van der Waals surface area contributed by atoms with E-state index in [-0.39, 0.29) is 6.54 Å². The van der Waals surface area contributed by atoms with Crippen LogP contribution < -0.4 is 21.5 Å². The topological polar surface area (TPSA) is 107 Å². The van der Waals surface area contributed by atoms with Crippen molar-refractivity contribution in [1.82, 2.24) is 5.32 Å². The third-order valence-electron chi connectivity index (χ3n) is 2.40. The smallest absolute Gasteiger partial charge is 0.243 e. The van der Waals surface area contributed by atoms with Crippen LogP contribution in [0.5, 0.6) is 5.75 Å². The Balaban J connectivity index is 2.55. The molecule has 0 aliphatic rings. The summed E-state index contributed by atoms with van der Waals surface area (Å²) in [5.41, 5.74) is 11.7. The molecule has 6 heteroatoms. The highest BCUT2D eigenvalue weighted by Gasteiger charge is 2.16. The van der Waals surface area contributed by atoms with Crippen LogP contribution in [0.15, 0.2) is 24.3 Å². The van der Waals surface area contributed by atoms with E-state index in [1.165, 1.54) is 0 Å². The molecular weight excluding hydrogens is 234 g/mol. The molecule has 0 bridgehead atoms. The normalized spacial score (nSPS) is 11.7. The number of imide groups is 1. The summed E-state index contributed by atoms with van der Waals surface area (Å²) < 4.78 is 5.02. The van der Waals surface area contributed by atoms with Crippen molar-refractivity contribution >= 4 is 11.8 Å². The van der Waals surface area contributed by atoms with Gasteiger partial charge >= 0.3 is 0 Å². The van der Waals surface area contributed by atoms with Crippen LogP contribution in [0.3, 0.4) is 0 Å². The van der Waals surface area contributed by atoms with E-state index in [1.54, 1.807) is 19.2 Å². The summed E-state index contributed by atoms with van der Waals surface area (Å²) in [6.45, 7) is -0.235. The molecule has 0 unspecified atom stereocenters. The minimum Gasteiger partial charge on any atom is -0.497 e. The van der Waals surface area contributed by atoms with Crippen LogP contribution in [0.1, 0.15) is 5.56 Å². The zero-order valence-electron chi connectivity index (χ0n) is 10.2. The number of carbonyl (C=O) groups excluding carboxylic acids is 2. The second kappa shape index (κ2) is 6.73. The van der Waals surface area contributed by atoms with Crippen LogP contribution in [0.4, 0.5) is 0 Å². The first-order valence-electron chi connectivity index (χ1n) is 5.49. The maximum Gasteiger partial charge on any atom is 0.243 e. The van der Waals surface area contributed by atoms with Crippen LogP contribution >= 0.6 is 0 Å². The number of nitrogens with one attached hydrogen (secondary N) is 1. The molecule has 1 rings (SSSR count). The van der Waals surface area contributed by atoms with E-state index < -0.39 is 17.9 Å². The largest absolute Gasteiger partial charge is 0.497 e. The summed E-state index contributed by atoms with van der Waals surface area (Å²) >= 11 is 0. The number of amides is 2. The van der Waals surface area contributed by atoms with Crippen LogP contribution in [0.25, 0.3) is 0 Å². The van der Waals surface area contributed by atoms with Crippen LogP contribution in [-0.2, 0) is 16.0 Å². The molecule has 0 saturated carbocycles. The van der Waals surface area contributed by atoms with E-state index in [2.05, 4.69) is 5.32 Å². The maximum atomic E-state index is 11.5. The fourth-order valence-corrected chi connectivity index (χ4v) is 1.39. The fourth-order valence-electron chi connectivity index (χ4n) is 1.39. The van der Waals surface area contributed by atoms with Gasteiger partial charge in [0.1, 0.15) is 5.75 Å². The van der Waals surface area contributed by atoms with Crippen molar-refractivity contribution in [3.8, 4) is 5.75 Å². The fraction of sp³-hybridized carbons (Fsp3) is 0.333. The minimum absolute atomic E-state index is 0.235. The molecular formula is C12H17N3O3. The summed E-state index contributed by atoms with van der Waals surface area (Å²) in [5.74, 6) is -0.332. The molecule has 0 fully saturated rings. The number of hydrogen-bond acceptors (Lipinski definition) is 5. The van der Waals surface area contributed by atoms with Gasteiger partial charge in [0.2, 0.25) is 11.8 Å². The van der Waals surface area contributed by atoms with Gasteiger partial charge in [-0.15, -0.1) is 0 Å². The van der Waals surface area contributed by atoms with Gasteiger partial charge in [0, 0.05) is 0 Å².